The number of hydrogen-bond donors (Lipinski definition) is 1. The minimum Gasteiger partial charge on any atom is -0.449 e. The molecule has 1 heterocycles. The van der Waals surface area contributed by atoms with Crippen molar-refractivity contribution in [2.24, 2.45) is 0 Å². The van der Waals surface area contributed by atoms with Crippen LogP contribution in [0.15, 0.2) is 41.8 Å². The van der Waals surface area contributed by atoms with Crippen LogP contribution in [-0.2, 0) is 16.1 Å². The summed E-state index contributed by atoms with van der Waals surface area (Å²) < 4.78 is 33.4. The number of ether oxygens (including phenoxy) is 2. The number of carbonyl (C=O) groups excluding carboxylic acids is 2. The number of rotatable bonds is 7. The lowest BCUT2D eigenvalue weighted by Crippen LogP contribution is -2.35. The van der Waals surface area contributed by atoms with Gasteiger partial charge in [-0.1, -0.05) is 6.07 Å². The van der Waals surface area contributed by atoms with Gasteiger partial charge in [0.2, 0.25) is 0 Å². The summed E-state index contributed by atoms with van der Waals surface area (Å²) in [6, 6.07) is 8.78. The van der Waals surface area contributed by atoms with Gasteiger partial charge in [-0.05, 0) is 42.6 Å². The largest absolute Gasteiger partial charge is 0.449 e. The van der Waals surface area contributed by atoms with E-state index >= 15 is 0 Å². The highest BCUT2D eigenvalue weighted by Gasteiger charge is 2.19. The molecule has 0 saturated carbocycles. The maximum atomic E-state index is 12.1. The van der Waals surface area contributed by atoms with Gasteiger partial charge in [0.1, 0.15) is 5.75 Å². The summed E-state index contributed by atoms with van der Waals surface area (Å²) in [5.74, 6) is -1.21. The Balaban J connectivity index is 1.84. The van der Waals surface area contributed by atoms with Gasteiger partial charge < -0.3 is 14.8 Å². The molecule has 8 heteroatoms. The average Bonchev–Trinajstić information content (AvgIpc) is 3.06. The number of carbonyl (C=O) groups is 2. The molecule has 0 unspecified atom stereocenters. The Morgan fingerprint density at radius 3 is 2.50 bits per heavy atom. The van der Waals surface area contributed by atoms with E-state index in [9.17, 15) is 18.4 Å². The molecular formula is C16H15F2NO4S. The Morgan fingerprint density at radius 1 is 1.21 bits per heavy atom. The van der Waals surface area contributed by atoms with Gasteiger partial charge in [-0.15, -0.1) is 11.3 Å². The second-order valence-electron chi connectivity index (χ2n) is 4.75. The van der Waals surface area contributed by atoms with Gasteiger partial charge in [-0.2, -0.15) is 8.78 Å². The minimum atomic E-state index is -2.94. The molecule has 128 valence electrons. The molecule has 0 radical (unpaired) electrons. The number of esters is 1. The van der Waals surface area contributed by atoms with Crippen LogP contribution in [0.2, 0.25) is 0 Å². The van der Waals surface area contributed by atoms with Crippen LogP contribution in [0.3, 0.4) is 0 Å². The number of halogens is 2. The third kappa shape index (κ3) is 5.31. The van der Waals surface area contributed by atoms with Gasteiger partial charge in [-0.25, -0.2) is 4.79 Å². The van der Waals surface area contributed by atoms with Gasteiger partial charge in [0.25, 0.3) is 5.91 Å². The lowest BCUT2D eigenvalue weighted by atomic mass is 10.2. The Bertz CT molecular complexity index is 674. The molecule has 0 aliphatic heterocycles. The van der Waals surface area contributed by atoms with E-state index in [0.717, 1.165) is 4.88 Å². The van der Waals surface area contributed by atoms with Gasteiger partial charge in [-0.3, -0.25) is 4.79 Å². The summed E-state index contributed by atoms with van der Waals surface area (Å²) in [4.78, 5) is 24.8. The van der Waals surface area contributed by atoms with E-state index in [4.69, 9.17) is 4.74 Å². The van der Waals surface area contributed by atoms with Crippen molar-refractivity contribution in [2.45, 2.75) is 26.2 Å². The van der Waals surface area contributed by atoms with E-state index in [1.54, 1.807) is 0 Å². The zero-order chi connectivity index (χ0) is 17.5. The van der Waals surface area contributed by atoms with E-state index in [1.807, 2.05) is 17.5 Å². The number of nitrogens with one attached hydrogen (secondary N) is 1. The van der Waals surface area contributed by atoms with Crippen LogP contribution < -0.4 is 10.1 Å². The van der Waals surface area contributed by atoms with Crippen LogP contribution in [0.25, 0.3) is 0 Å². The predicted molar refractivity (Wildman–Crippen MR) is 84.1 cm³/mol. The Morgan fingerprint density at radius 2 is 1.92 bits per heavy atom. The molecular weight excluding hydrogens is 340 g/mol. The summed E-state index contributed by atoms with van der Waals surface area (Å²) in [6.07, 6.45) is -0.977. The van der Waals surface area contributed by atoms with Crippen molar-refractivity contribution in [3.05, 3.63) is 52.2 Å². The fourth-order valence-electron chi connectivity index (χ4n) is 1.79. The summed E-state index contributed by atoms with van der Waals surface area (Å²) in [7, 11) is 0. The molecule has 0 saturated heterocycles. The predicted octanol–water partition coefficient (Wildman–Crippen LogP) is 3.21. The summed E-state index contributed by atoms with van der Waals surface area (Å²) in [6.45, 7) is -1.12. The highest BCUT2D eigenvalue weighted by atomic mass is 32.1. The van der Waals surface area contributed by atoms with Gasteiger partial charge in [0.05, 0.1) is 12.1 Å². The number of thiophene rings is 1. The molecule has 1 aromatic heterocycles. The van der Waals surface area contributed by atoms with Crippen LogP contribution in [0.5, 0.6) is 5.75 Å². The number of amides is 1. The van der Waals surface area contributed by atoms with Crippen molar-refractivity contribution in [2.75, 3.05) is 0 Å². The molecule has 1 amide bonds. The molecule has 0 aliphatic carbocycles. The first-order valence-corrected chi connectivity index (χ1v) is 7.89. The number of alkyl halides is 2. The van der Waals surface area contributed by atoms with Crippen LogP contribution in [-0.4, -0.2) is 24.6 Å². The van der Waals surface area contributed by atoms with Crippen molar-refractivity contribution in [1.82, 2.24) is 5.32 Å². The van der Waals surface area contributed by atoms with E-state index in [1.165, 1.54) is 42.5 Å². The van der Waals surface area contributed by atoms with E-state index in [2.05, 4.69) is 10.1 Å². The molecule has 0 fully saturated rings. The maximum absolute atomic E-state index is 12.1. The van der Waals surface area contributed by atoms with Crippen molar-refractivity contribution in [3.63, 3.8) is 0 Å². The SMILES string of the molecule is C[C@H](OC(=O)c1ccc(OC(F)F)cc1)C(=O)NCc1cccs1. The Kier molecular flexibility index (Phi) is 6.25. The van der Waals surface area contributed by atoms with E-state index < -0.39 is 24.6 Å². The molecule has 24 heavy (non-hydrogen) atoms. The molecule has 1 N–H and O–H groups in total. The molecule has 2 aromatic rings. The maximum Gasteiger partial charge on any atom is 0.387 e. The smallest absolute Gasteiger partial charge is 0.387 e. The number of benzene rings is 1. The molecule has 0 aliphatic rings. The van der Waals surface area contributed by atoms with Crippen LogP contribution in [0, 0.1) is 0 Å². The second-order valence-corrected chi connectivity index (χ2v) is 5.78. The van der Waals surface area contributed by atoms with Gasteiger partial charge >= 0.3 is 12.6 Å². The van der Waals surface area contributed by atoms with E-state index in [0.29, 0.717) is 6.54 Å². The van der Waals surface area contributed by atoms with Crippen molar-refractivity contribution >= 4 is 23.2 Å². The van der Waals surface area contributed by atoms with E-state index in [-0.39, 0.29) is 11.3 Å². The first-order valence-electron chi connectivity index (χ1n) is 7.01. The zero-order valence-electron chi connectivity index (χ0n) is 12.7. The Labute approximate surface area is 141 Å². The normalized spacial score (nSPS) is 11.8. The van der Waals surface area contributed by atoms with Gasteiger partial charge in [0.15, 0.2) is 6.10 Å². The molecule has 1 atom stereocenters. The molecule has 0 bridgehead atoms. The number of hydrogen-bond acceptors (Lipinski definition) is 5. The monoisotopic (exact) mass is 355 g/mol. The topological polar surface area (TPSA) is 64.6 Å². The first-order chi connectivity index (χ1) is 11.5. The summed E-state index contributed by atoms with van der Waals surface area (Å²) >= 11 is 1.51. The van der Waals surface area contributed by atoms with Gasteiger partial charge in [0, 0.05) is 4.88 Å². The lowest BCUT2D eigenvalue weighted by molar-refractivity contribution is -0.129. The van der Waals surface area contributed by atoms with Crippen LogP contribution >= 0.6 is 11.3 Å². The average molecular weight is 355 g/mol. The minimum absolute atomic E-state index is 0.0664. The fourth-order valence-corrected chi connectivity index (χ4v) is 2.43. The lowest BCUT2D eigenvalue weighted by Gasteiger charge is -2.13. The quantitative estimate of drug-likeness (QED) is 0.775. The molecule has 1 aromatic carbocycles. The first kappa shape index (κ1) is 17.9. The summed E-state index contributed by atoms with van der Waals surface area (Å²) in [5, 5.41) is 4.56. The van der Waals surface area contributed by atoms with Crippen LogP contribution in [0.1, 0.15) is 22.2 Å². The third-order valence-corrected chi connectivity index (χ3v) is 3.86. The molecule has 0 spiro atoms. The third-order valence-electron chi connectivity index (χ3n) is 2.99. The standard InChI is InChI=1S/C16H15F2NO4S/c1-10(14(20)19-9-13-3-2-8-24-13)22-15(21)11-4-6-12(7-5-11)23-16(17)18/h2-8,10,16H,9H2,1H3,(H,19,20)/t10-/m0/s1. The fraction of sp³-hybridized carbons (Fsp3) is 0.250. The van der Waals surface area contributed by atoms with Crippen molar-refractivity contribution in [3.8, 4) is 5.75 Å². The molecule has 2 rings (SSSR count). The molecule has 5 nitrogen and oxygen atoms in total. The van der Waals surface area contributed by atoms with Crippen molar-refractivity contribution < 1.29 is 27.8 Å². The van der Waals surface area contributed by atoms with Crippen LogP contribution in [0.4, 0.5) is 8.78 Å². The Hall–Kier alpha value is -2.48. The highest BCUT2D eigenvalue weighted by Crippen LogP contribution is 2.16. The highest BCUT2D eigenvalue weighted by molar-refractivity contribution is 7.09. The second kappa shape index (κ2) is 8.39. The zero-order valence-corrected chi connectivity index (χ0v) is 13.5. The van der Waals surface area contributed by atoms with Crippen molar-refractivity contribution in [1.29, 1.82) is 0 Å². The summed E-state index contributed by atoms with van der Waals surface area (Å²) in [5.41, 5.74) is 0.134.